The molecular formula is C10H18N4O2. The van der Waals surface area contributed by atoms with Gasteiger partial charge in [-0.15, -0.1) is 0 Å². The fraction of sp³-hybridized carbons (Fsp3) is 0.600. The second-order valence-electron chi connectivity index (χ2n) is 3.12. The maximum absolute atomic E-state index is 5.74. The molecule has 6 heteroatoms. The number of nitrogen functional groups attached to an aromatic ring is 1. The average molecular weight is 226 g/mol. The molecule has 0 amide bonds. The molecule has 0 radical (unpaired) electrons. The third-order valence-corrected chi connectivity index (χ3v) is 2.06. The molecule has 0 spiro atoms. The van der Waals surface area contributed by atoms with Crippen LogP contribution in [-0.4, -0.2) is 36.8 Å². The molecule has 0 aromatic carbocycles. The molecule has 0 fully saturated rings. The second-order valence-corrected chi connectivity index (χ2v) is 3.12. The molecule has 3 N–H and O–H groups in total. The fourth-order valence-corrected chi connectivity index (χ4v) is 1.25. The smallest absolute Gasteiger partial charge is 0.222 e. The van der Waals surface area contributed by atoms with E-state index in [0.29, 0.717) is 24.8 Å². The average Bonchev–Trinajstić information content (AvgIpc) is 2.30. The molecule has 0 aliphatic rings. The van der Waals surface area contributed by atoms with Gasteiger partial charge in [-0.1, -0.05) is 0 Å². The molecule has 0 bridgehead atoms. The van der Waals surface area contributed by atoms with Crippen molar-refractivity contribution in [2.24, 2.45) is 0 Å². The van der Waals surface area contributed by atoms with Crippen LogP contribution in [0, 0.1) is 0 Å². The Kier molecular flexibility index (Phi) is 5.52. The highest BCUT2D eigenvalue weighted by Gasteiger charge is 2.08. The number of rotatable bonds is 7. The number of nitrogens with two attached hydrogens (primary N) is 1. The van der Waals surface area contributed by atoms with E-state index in [1.54, 1.807) is 7.11 Å². The first-order valence-corrected chi connectivity index (χ1v) is 5.21. The monoisotopic (exact) mass is 226 g/mol. The van der Waals surface area contributed by atoms with Crippen LogP contribution in [0.2, 0.25) is 0 Å². The van der Waals surface area contributed by atoms with E-state index in [2.05, 4.69) is 15.3 Å². The van der Waals surface area contributed by atoms with Crippen LogP contribution in [0.1, 0.15) is 12.5 Å². The van der Waals surface area contributed by atoms with Crippen molar-refractivity contribution in [2.75, 3.05) is 32.6 Å². The Morgan fingerprint density at radius 1 is 1.44 bits per heavy atom. The van der Waals surface area contributed by atoms with Crippen molar-refractivity contribution in [3.8, 4) is 5.88 Å². The molecule has 16 heavy (non-hydrogen) atoms. The van der Waals surface area contributed by atoms with Crippen LogP contribution in [0.4, 0.5) is 5.82 Å². The lowest BCUT2D eigenvalue weighted by atomic mass is 10.3. The van der Waals surface area contributed by atoms with Crippen LogP contribution in [0.25, 0.3) is 0 Å². The van der Waals surface area contributed by atoms with E-state index in [4.69, 9.17) is 15.2 Å². The number of aromatic nitrogens is 2. The largest absolute Gasteiger partial charge is 0.481 e. The van der Waals surface area contributed by atoms with Crippen molar-refractivity contribution in [2.45, 2.75) is 13.5 Å². The molecular weight excluding hydrogens is 208 g/mol. The number of nitrogens with one attached hydrogen (secondary N) is 1. The topological polar surface area (TPSA) is 82.3 Å². The first-order chi connectivity index (χ1) is 7.79. The summed E-state index contributed by atoms with van der Waals surface area (Å²) in [7, 11) is 1.56. The fourth-order valence-electron chi connectivity index (χ4n) is 1.25. The zero-order chi connectivity index (χ0) is 11.8. The molecule has 0 unspecified atom stereocenters. The Labute approximate surface area is 95.2 Å². The number of ether oxygens (including phenoxy) is 2. The van der Waals surface area contributed by atoms with Gasteiger partial charge in [0, 0.05) is 19.7 Å². The van der Waals surface area contributed by atoms with Crippen molar-refractivity contribution in [1.82, 2.24) is 15.3 Å². The molecule has 0 saturated carbocycles. The van der Waals surface area contributed by atoms with Gasteiger partial charge < -0.3 is 20.5 Å². The van der Waals surface area contributed by atoms with Gasteiger partial charge in [-0.3, -0.25) is 0 Å². The second kappa shape index (κ2) is 6.97. The van der Waals surface area contributed by atoms with Crippen LogP contribution >= 0.6 is 0 Å². The van der Waals surface area contributed by atoms with Gasteiger partial charge in [-0.05, 0) is 6.92 Å². The van der Waals surface area contributed by atoms with E-state index in [0.717, 1.165) is 18.7 Å². The summed E-state index contributed by atoms with van der Waals surface area (Å²) in [6.45, 7) is 4.69. The summed E-state index contributed by atoms with van der Waals surface area (Å²) >= 11 is 0. The minimum Gasteiger partial charge on any atom is -0.481 e. The summed E-state index contributed by atoms with van der Waals surface area (Å²) < 4.78 is 10.3. The van der Waals surface area contributed by atoms with Gasteiger partial charge in [0.15, 0.2) is 0 Å². The maximum atomic E-state index is 5.74. The van der Waals surface area contributed by atoms with Crippen molar-refractivity contribution in [1.29, 1.82) is 0 Å². The Balaban J connectivity index is 2.46. The molecule has 90 valence electrons. The van der Waals surface area contributed by atoms with Crippen LogP contribution in [0.3, 0.4) is 0 Å². The van der Waals surface area contributed by atoms with E-state index < -0.39 is 0 Å². The number of hydrogen-bond donors (Lipinski definition) is 2. The lowest BCUT2D eigenvalue weighted by Gasteiger charge is -2.10. The molecule has 1 aromatic heterocycles. The normalized spacial score (nSPS) is 10.4. The lowest BCUT2D eigenvalue weighted by molar-refractivity contribution is 0.149. The van der Waals surface area contributed by atoms with Gasteiger partial charge in [-0.25, -0.2) is 9.97 Å². The first kappa shape index (κ1) is 12.7. The van der Waals surface area contributed by atoms with Crippen molar-refractivity contribution < 1.29 is 9.47 Å². The van der Waals surface area contributed by atoms with Crippen molar-refractivity contribution in [3.05, 3.63) is 11.9 Å². The molecule has 1 heterocycles. The molecule has 1 aromatic rings. The highest BCUT2D eigenvalue weighted by Crippen LogP contribution is 2.18. The SMILES string of the molecule is CCOCCNCc1c(N)ncnc1OC. The summed E-state index contributed by atoms with van der Waals surface area (Å²) in [5.74, 6) is 0.951. The van der Waals surface area contributed by atoms with E-state index in [1.165, 1.54) is 6.33 Å². The van der Waals surface area contributed by atoms with Gasteiger partial charge in [0.1, 0.15) is 12.1 Å². The quantitative estimate of drug-likeness (QED) is 0.646. The Hall–Kier alpha value is -1.40. The van der Waals surface area contributed by atoms with Crippen molar-refractivity contribution in [3.63, 3.8) is 0 Å². The summed E-state index contributed by atoms with van der Waals surface area (Å²) in [6.07, 6.45) is 1.39. The third kappa shape index (κ3) is 3.63. The predicted octanol–water partition coefficient (Wildman–Crippen LogP) is 0.194. The van der Waals surface area contributed by atoms with Crippen LogP contribution in [0.5, 0.6) is 5.88 Å². The predicted molar refractivity (Wildman–Crippen MR) is 61.2 cm³/mol. The summed E-state index contributed by atoms with van der Waals surface area (Å²) in [5, 5.41) is 3.19. The summed E-state index contributed by atoms with van der Waals surface area (Å²) in [6, 6.07) is 0. The molecule has 1 rings (SSSR count). The summed E-state index contributed by atoms with van der Waals surface area (Å²) in [4.78, 5) is 7.91. The molecule has 6 nitrogen and oxygen atoms in total. The molecule has 0 saturated heterocycles. The standard InChI is InChI=1S/C10H18N4O2/c1-3-16-5-4-12-6-8-9(11)13-7-14-10(8)15-2/h7,12H,3-6H2,1-2H3,(H2,11,13,14). The van der Waals surface area contributed by atoms with Gasteiger partial charge in [0.2, 0.25) is 5.88 Å². The van der Waals surface area contributed by atoms with Crippen LogP contribution < -0.4 is 15.8 Å². The van der Waals surface area contributed by atoms with E-state index >= 15 is 0 Å². The number of hydrogen-bond acceptors (Lipinski definition) is 6. The van der Waals surface area contributed by atoms with Gasteiger partial charge in [-0.2, -0.15) is 0 Å². The number of nitrogens with zero attached hydrogens (tertiary/aromatic N) is 2. The Morgan fingerprint density at radius 3 is 2.94 bits per heavy atom. The number of methoxy groups -OCH3 is 1. The van der Waals surface area contributed by atoms with Crippen molar-refractivity contribution >= 4 is 5.82 Å². The molecule has 0 atom stereocenters. The highest BCUT2D eigenvalue weighted by atomic mass is 16.5. The van der Waals surface area contributed by atoms with Gasteiger partial charge >= 0.3 is 0 Å². The van der Waals surface area contributed by atoms with Crippen LogP contribution in [0.15, 0.2) is 6.33 Å². The van der Waals surface area contributed by atoms with E-state index in [-0.39, 0.29) is 0 Å². The van der Waals surface area contributed by atoms with E-state index in [9.17, 15) is 0 Å². The molecule has 0 aliphatic carbocycles. The van der Waals surface area contributed by atoms with Gasteiger partial charge in [0.05, 0.1) is 19.3 Å². The van der Waals surface area contributed by atoms with Crippen LogP contribution in [-0.2, 0) is 11.3 Å². The first-order valence-electron chi connectivity index (χ1n) is 5.21. The summed E-state index contributed by atoms with van der Waals surface area (Å²) in [5.41, 5.74) is 6.51. The third-order valence-electron chi connectivity index (χ3n) is 2.06. The zero-order valence-electron chi connectivity index (χ0n) is 9.69. The molecule has 0 aliphatic heterocycles. The minimum atomic E-state index is 0.441. The number of anilines is 1. The zero-order valence-corrected chi connectivity index (χ0v) is 9.69. The minimum absolute atomic E-state index is 0.441. The van der Waals surface area contributed by atoms with E-state index in [1.807, 2.05) is 6.92 Å². The highest BCUT2D eigenvalue weighted by molar-refractivity contribution is 5.44. The lowest BCUT2D eigenvalue weighted by Crippen LogP contribution is -2.20. The van der Waals surface area contributed by atoms with Gasteiger partial charge in [0.25, 0.3) is 0 Å². The maximum Gasteiger partial charge on any atom is 0.222 e. The Bertz CT molecular complexity index is 320. The Morgan fingerprint density at radius 2 is 2.25 bits per heavy atom.